The van der Waals surface area contributed by atoms with E-state index in [0.717, 1.165) is 0 Å². The first-order chi connectivity index (χ1) is 8.35. The maximum Gasteiger partial charge on any atom is 0.331 e. The zero-order valence-corrected chi connectivity index (χ0v) is 11.0. The van der Waals surface area contributed by atoms with Crippen molar-refractivity contribution in [3.63, 3.8) is 0 Å². The summed E-state index contributed by atoms with van der Waals surface area (Å²) in [6.07, 6.45) is 0. The molecular formula is C11H13NO5S. The van der Waals surface area contributed by atoms with E-state index in [1.165, 1.54) is 39.3 Å². The van der Waals surface area contributed by atoms with E-state index in [2.05, 4.69) is 9.46 Å². The maximum absolute atomic E-state index is 11.9. The Bertz CT molecular complexity index is 610. The molecule has 98 valence electrons. The Hall–Kier alpha value is -1.60. The van der Waals surface area contributed by atoms with Crippen molar-refractivity contribution in [2.24, 2.45) is 0 Å². The highest BCUT2D eigenvalue weighted by atomic mass is 32.2. The molecule has 1 N–H and O–H groups in total. The third kappa shape index (κ3) is 1.67. The van der Waals surface area contributed by atoms with E-state index in [1.807, 2.05) is 0 Å². The zero-order chi connectivity index (χ0) is 13.6. The number of esters is 1. The Balaban J connectivity index is 2.70. The summed E-state index contributed by atoms with van der Waals surface area (Å²) in [5.41, 5.74) is -1.09. The van der Waals surface area contributed by atoms with Crippen molar-refractivity contribution in [2.75, 3.05) is 14.2 Å². The fourth-order valence-corrected chi connectivity index (χ4v) is 3.64. The minimum atomic E-state index is -3.70. The second kappa shape index (κ2) is 3.96. The van der Waals surface area contributed by atoms with Gasteiger partial charge < -0.3 is 9.47 Å². The number of fused-ring (bicyclic) bond motifs is 1. The maximum atomic E-state index is 11.9. The summed E-state index contributed by atoms with van der Waals surface area (Å²) < 4.78 is 35.9. The van der Waals surface area contributed by atoms with E-state index in [9.17, 15) is 13.2 Å². The van der Waals surface area contributed by atoms with Gasteiger partial charge in [-0.25, -0.2) is 13.2 Å². The molecule has 1 aromatic rings. The second-order valence-electron chi connectivity index (χ2n) is 4.08. The highest BCUT2D eigenvalue weighted by Gasteiger charge is 2.49. The van der Waals surface area contributed by atoms with Crippen LogP contribution in [-0.4, -0.2) is 28.6 Å². The summed E-state index contributed by atoms with van der Waals surface area (Å²) in [4.78, 5) is 11.9. The molecule has 0 amide bonds. The van der Waals surface area contributed by atoms with Crippen LogP contribution in [0.15, 0.2) is 23.1 Å². The molecule has 0 aromatic heterocycles. The van der Waals surface area contributed by atoms with E-state index >= 15 is 0 Å². The van der Waals surface area contributed by atoms with Crippen molar-refractivity contribution >= 4 is 16.0 Å². The Morgan fingerprint density at radius 2 is 2.00 bits per heavy atom. The standard InChI is InChI=1S/C11H13NO5S/c1-11(10(13)17-3)8-6-7(16-2)4-5-9(8)18(14,15)12-11/h4-6,12H,1-3H3/t11-/m1/s1. The van der Waals surface area contributed by atoms with Crippen LogP contribution in [0.25, 0.3) is 0 Å². The monoisotopic (exact) mass is 271 g/mol. The van der Waals surface area contributed by atoms with Gasteiger partial charge in [0, 0.05) is 5.56 Å². The fraction of sp³-hybridized carbons (Fsp3) is 0.364. The Morgan fingerprint density at radius 1 is 1.33 bits per heavy atom. The number of carbonyl (C=O) groups excluding carboxylic acids is 1. The number of sulfonamides is 1. The van der Waals surface area contributed by atoms with Gasteiger partial charge >= 0.3 is 5.97 Å². The number of hydrogen-bond acceptors (Lipinski definition) is 5. The molecule has 6 nitrogen and oxygen atoms in total. The highest BCUT2D eigenvalue weighted by Crippen LogP contribution is 2.38. The van der Waals surface area contributed by atoms with E-state index in [0.29, 0.717) is 11.3 Å². The van der Waals surface area contributed by atoms with Crippen LogP contribution in [0.2, 0.25) is 0 Å². The normalized spacial score (nSPS) is 24.4. The molecule has 0 bridgehead atoms. The van der Waals surface area contributed by atoms with E-state index in [4.69, 9.17) is 4.74 Å². The van der Waals surface area contributed by atoms with Gasteiger partial charge in [-0.3, -0.25) is 0 Å². The summed E-state index contributed by atoms with van der Waals surface area (Å²) in [5.74, 6) is -0.194. The predicted octanol–water partition coefficient (Wildman–Crippen LogP) is 0.375. The third-order valence-electron chi connectivity index (χ3n) is 2.95. The van der Waals surface area contributed by atoms with Gasteiger partial charge in [-0.2, -0.15) is 4.72 Å². The lowest BCUT2D eigenvalue weighted by Crippen LogP contribution is -2.44. The second-order valence-corrected chi connectivity index (χ2v) is 5.73. The van der Waals surface area contributed by atoms with E-state index in [-0.39, 0.29) is 4.90 Å². The fourth-order valence-electron chi connectivity index (χ4n) is 2.00. The van der Waals surface area contributed by atoms with Crippen LogP contribution in [0.4, 0.5) is 0 Å². The molecule has 0 radical (unpaired) electrons. The minimum Gasteiger partial charge on any atom is -0.497 e. The van der Waals surface area contributed by atoms with Crippen molar-refractivity contribution in [3.8, 4) is 5.75 Å². The van der Waals surface area contributed by atoms with Crippen LogP contribution in [0.1, 0.15) is 12.5 Å². The SMILES string of the molecule is COC(=O)[C@]1(C)NS(=O)(=O)c2ccc(OC)cc21. The third-order valence-corrected chi connectivity index (χ3v) is 4.56. The predicted molar refractivity (Wildman–Crippen MR) is 62.7 cm³/mol. The molecule has 1 aliphatic rings. The molecule has 0 spiro atoms. The first kappa shape index (κ1) is 12.8. The van der Waals surface area contributed by atoms with Crippen LogP contribution >= 0.6 is 0 Å². The zero-order valence-electron chi connectivity index (χ0n) is 10.2. The molecule has 1 atom stereocenters. The van der Waals surface area contributed by atoms with Crippen LogP contribution in [0.3, 0.4) is 0 Å². The van der Waals surface area contributed by atoms with Gasteiger partial charge in [-0.1, -0.05) is 0 Å². The summed E-state index contributed by atoms with van der Waals surface area (Å²) in [7, 11) is -1.02. The molecule has 0 fully saturated rings. The molecule has 7 heteroatoms. The number of nitrogens with one attached hydrogen (secondary N) is 1. The van der Waals surface area contributed by atoms with Gasteiger partial charge in [0.25, 0.3) is 0 Å². The summed E-state index contributed by atoms with van der Waals surface area (Å²) in [6.45, 7) is 1.46. The Morgan fingerprint density at radius 3 is 2.56 bits per heavy atom. The number of benzene rings is 1. The number of methoxy groups -OCH3 is 2. The lowest BCUT2D eigenvalue weighted by atomic mass is 9.93. The van der Waals surface area contributed by atoms with Gasteiger partial charge in [-0.15, -0.1) is 0 Å². The largest absolute Gasteiger partial charge is 0.497 e. The number of ether oxygens (including phenoxy) is 2. The van der Waals surface area contributed by atoms with Gasteiger partial charge in [0.15, 0.2) is 5.54 Å². The number of hydrogen-bond donors (Lipinski definition) is 1. The van der Waals surface area contributed by atoms with Crippen LogP contribution in [0.5, 0.6) is 5.75 Å². The molecule has 1 aromatic carbocycles. The van der Waals surface area contributed by atoms with Crippen LogP contribution in [0, 0.1) is 0 Å². The summed E-state index contributed by atoms with van der Waals surface area (Å²) in [6, 6.07) is 4.45. The molecule has 18 heavy (non-hydrogen) atoms. The molecule has 0 saturated carbocycles. The van der Waals surface area contributed by atoms with Crippen LogP contribution < -0.4 is 9.46 Å². The average molecular weight is 271 g/mol. The molecular weight excluding hydrogens is 258 g/mol. The molecule has 1 heterocycles. The first-order valence-corrected chi connectivity index (χ1v) is 6.64. The first-order valence-electron chi connectivity index (χ1n) is 5.16. The molecule has 2 rings (SSSR count). The molecule has 0 aliphatic carbocycles. The van der Waals surface area contributed by atoms with Crippen molar-refractivity contribution in [2.45, 2.75) is 17.4 Å². The van der Waals surface area contributed by atoms with Crippen molar-refractivity contribution in [1.82, 2.24) is 4.72 Å². The summed E-state index contributed by atoms with van der Waals surface area (Å²) >= 11 is 0. The van der Waals surface area contributed by atoms with Crippen molar-refractivity contribution in [3.05, 3.63) is 23.8 Å². The topological polar surface area (TPSA) is 81.7 Å². The van der Waals surface area contributed by atoms with Gasteiger partial charge in [-0.05, 0) is 25.1 Å². The summed E-state index contributed by atoms with van der Waals surface area (Å²) in [5, 5.41) is 0. The Labute approximate surface area is 105 Å². The average Bonchev–Trinajstić information content (AvgIpc) is 2.56. The van der Waals surface area contributed by atoms with E-state index in [1.54, 1.807) is 0 Å². The lowest BCUT2D eigenvalue weighted by Gasteiger charge is -2.21. The smallest absolute Gasteiger partial charge is 0.331 e. The highest BCUT2D eigenvalue weighted by molar-refractivity contribution is 7.90. The lowest BCUT2D eigenvalue weighted by molar-refractivity contribution is -0.147. The van der Waals surface area contributed by atoms with Gasteiger partial charge in [0.1, 0.15) is 5.75 Å². The Kier molecular flexibility index (Phi) is 2.83. The van der Waals surface area contributed by atoms with Gasteiger partial charge in [0.05, 0.1) is 19.1 Å². The van der Waals surface area contributed by atoms with Crippen LogP contribution in [-0.2, 0) is 25.1 Å². The minimum absolute atomic E-state index is 0.0659. The quantitative estimate of drug-likeness (QED) is 0.786. The van der Waals surface area contributed by atoms with E-state index < -0.39 is 21.5 Å². The molecule has 0 unspecified atom stereocenters. The van der Waals surface area contributed by atoms with Crippen molar-refractivity contribution < 1.29 is 22.7 Å². The number of carbonyl (C=O) groups is 1. The number of rotatable bonds is 2. The molecule has 1 aliphatic heterocycles. The van der Waals surface area contributed by atoms with Gasteiger partial charge in [0.2, 0.25) is 10.0 Å². The molecule has 0 saturated heterocycles. The van der Waals surface area contributed by atoms with Crippen molar-refractivity contribution in [1.29, 1.82) is 0 Å².